The summed E-state index contributed by atoms with van der Waals surface area (Å²) in [5, 5.41) is 2.72. The van der Waals surface area contributed by atoms with Gasteiger partial charge < -0.3 is 14.8 Å². The highest BCUT2D eigenvalue weighted by atomic mass is 16.6. The van der Waals surface area contributed by atoms with E-state index in [2.05, 4.69) is 5.32 Å². The van der Waals surface area contributed by atoms with E-state index in [-0.39, 0.29) is 25.7 Å². The van der Waals surface area contributed by atoms with Gasteiger partial charge >= 0.3 is 12.1 Å². The molecular weight excluding hydrogens is 348 g/mol. The highest BCUT2D eigenvalue weighted by Gasteiger charge is 2.40. The second-order valence-corrected chi connectivity index (χ2v) is 6.24. The molecule has 0 spiro atoms. The molecule has 140 valence electrons. The van der Waals surface area contributed by atoms with Gasteiger partial charge in [0.05, 0.1) is 6.42 Å². The lowest BCUT2D eigenvalue weighted by Crippen LogP contribution is -2.40. The van der Waals surface area contributed by atoms with Gasteiger partial charge in [-0.15, -0.1) is 0 Å². The van der Waals surface area contributed by atoms with Crippen molar-refractivity contribution >= 4 is 23.7 Å². The summed E-state index contributed by atoms with van der Waals surface area (Å²) < 4.78 is 10.2. The minimum Gasteiger partial charge on any atom is -0.444 e. The Kier molecular flexibility index (Phi) is 5.71. The monoisotopic (exact) mass is 368 g/mol. The van der Waals surface area contributed by atoms with Crippen LogP contribution in [-0.2, 0) is 25.7 Å². The first-order valence-electron chi connectivity index (χ1n) is 8.53. The number of carbonyl (C=O) groups is 3. The Morgan fingerprint density at radius 1 is 1.19 bits per heavy atom. The van der Waals surface area contributed by atoms with E-state index in [0.717, 1.165) is 16.0 Å². The van der Waals surface area contributed by atoms with Crippen molar-refractivity contribution < 1.29 is 23.9 Å². The summed E-state index contributed by atoms with van der Waals surface area (Å²) in [6.07, 6.45) is -0.897. The van der Waals surface area contributed by atoms with Gasteiger partial charge in [-0.05, 0) is 30.2 Å². The third-order valence-electron chi connectivity index (χ3n) is 4.11. The fourth-order valence-corrected chi connectivity index (χ4v) is 2.73. The fourth-order valence-electron chi connectivity index (χ4n) is 2.73. The Hall–Kier alpha value is -3.35. The van der Waals surface area contributed by atoms with Gasteiger partial charge in [0.1, 0.15) is 12.6 Å². The number of anilines is 1. The molecule has 1 aliphatic rings. The first-order valence-corrected chi connectivity index (χ1v) is 8.53. The molecule has 2 aromatic carbocycles. The standard InChI is InChI=1S/C20H20N2O5/c1-14-6-5-9-16(10-14)21-18(23)11-17-19(24)27-13-22(17)20(25)26-12-15-7-3-2-4-8-15/h2-10,17H,11-13H2,1H3,(H,21,23)/t17-/m1/s1. The van der Waals surface area contributed by atoms with Crippen molar-refractivity contribution in [2.45, 2.75) is 26.0 Å². The minimum absolute atomic E-state index is 0.0760. The van der Waals surface area contributed by atoms with Crippen molar-refractivity contribution in [3.63, 3.8) is 0 Å². The number of cyclic esters (lactones) is 1. The third-order valence-corrected chi connectivity index (χ3v) is 4.11. The zero-order valence-electron chi connectivity index (χ0n) is 14.9. The Morgan fingerprint density at radius 3 is 2.70 bits per heavy atom. The Morgan fingerprint density at radius 2 is 1.96 bits per heavy atom. The van der Waals surface area contributed by atoms with Crippen LogP contribution in [-0.4, -0.2) is 35.6 Å². The van der Waals surface area contributed by atoms with E-state index in [9.17, 15) is 14.4 Å². The van der Waals surface area contributed by atoms with E-state index in [1.807, 2.05) is 55.5 Å². The van der Waals surface area contributed by atoms with E-state index in [1.54, 1.807) is 6.07 Å². The molecule has 1 aliphatic heterocycles. The largest absolute Gasteiger partial charge is 0.444 e. The minimum atomic E-state index is -1.00. The number of esters is 1. The zero-order chi connectivity index (χ0) is 19.2. The van der Waals surface area contributed by atoms with Crippen molar-refractivity contribution in [3.05, 3.63) is 65.7 Å². The van der Waals surface area contributed by atoms with Gasteiger partial charge in [-0.2, -0.15) is 0 Å². The molecule has 27 heavy (non-hydrogen) atoms. The smallest absolute Gasteiger partial charge is 0.413 e. The number of carbonyl (C=O) groups excluding carboxylic acids is 3. The number of hydrogen-bond acceptors (Lipinski definition) is 5. The fraction of sp³-hybridized carbons (Fsp3) is 0.250. The van der Waals surface area contributed by atoms with Gasteiger partial charge in [-0.25, -0.2) is 9.59 Å². The van der Waals surface area contributed by atoms with E-state index in [0.29, 0.717) is 5.69 Å². The lowest BCUT2D eigenvalue weighted by Gasteiger charge is -2.19. The first-order chi connectivity index (χ1) is 13.0. The van der Waals surface area contributed by atoms with Gasteiger partial charge in [0.2, 0.25) is 5.91 Å². The molecule has 0 bridgehead atoms. The number of nitrogens with one attached hydrogen (secondary N) is 1. The van der Waals surface area contributed by atoms with Crippen molar-refractivity contribution in [1.29, 1.82) is 0 Å². The van der Waals surface area contributed by atoms with Crippen molar-refractivity contribution in [3.8, 4) is 0 Å². The SMILES string of the molecule is Cc1cccc(NC(=O)C[C@@H]2C(=O)OCN2C(=O)OCc2ccccc2)c1. The van der Waals surface area contributed by atoms with Crippen LogP contribution in [0.1, 0.15) is 17.5 Å². The second-order valence-electron chi connectivity index (χ2n) is 6.24. The van der Waals surface area contributed by atoms with E-state index in [4.69, 9.17) is 9.47 Å². The van der Waals surface area contributed by atoms with Crippen molar-refractivity contribution in [2.75, 3.05) is 12.0 Å². The molecule has 1 saturated heterocycles. The van der Waals surface area contributed by atoms with Crippen LogP contribution >= 0.6 is 0 Å². The highest BCUT2D eigenvalue weighted by Crippen LogP contribution is 2.18. The summed E-state index contributed by atoms with van der Waals surface area (Å²) >= 11 is 0. The summed E-state index contributed by atoms with van der Waals surface area (Å²) in [5.41, 5.74) is 2.45. The molecule has 1 atom stereocenters. The molecule has 0 radical (unpaired) electrons. The van der Waals surface area contributed by atoms with Gasteiger partial charge in [-0.3, -0.25) is 9.69 Å². The van der Waals surface area contributed by atoms with E-state index in [1.165, 1.54) is 0 Å². The van der Waals surface area contributed by atoms with Crippen LogP contribution in [0.5, 0.6) is 0 Å². The molecule has 7 heteroatoms. The number of nitrogens with zero attached hydrogens (tertiary/aromatic N) is 1. The first kappa shape index (κ1) is 18.4. The van der Waals surface area contributed by atoms with Crippen LogP contribution in [0.15, 0.2) is 54.6 Å². The molecule has 2 amide bonds. The van der Waals surface area contributed by atoms with Gasteiger partial charge in [0.25, 0.3) is 0 Å². The normalized spacial score (nSPS) is 16.0. The Balaban J connectivity index is 1.58. The maximum absolute atomic E-state index is 12.3. The molecular formula is C20H20N2O5. The number of aryl methyl sites for hydroxylation is 1. The maximum Gasteiger partial charge on any atom is 0.413 e. The van der Waals surface area contributed by atoms with Gasteiger partial charge in [0, 0.05) is 5.69 Å². The zero-order valence-corrected chi connectivity index (χ0v) is 14.9. The van der Waals surface area contributed by atoms with Crippen LogP contribution in [0, 0.1) is 6.92 Å². The summed E-state index contributed by atoms with van der Waals surface area (Å²) in [4.78, 5) is 37.7. The summed E-state index contributed by atoms with van der Waals surface area (Å²) in [6, 6.07) is 15.5. The Bertz CT molecular complexity index is 837. The van der Waals surface area contributed by atoms with E-state index < -0.39 is 18.1 Å². The van der Waals surface area contributed by atoms with Crippen molar-refractivity contribution in [1.82, 2.24) is 4.90 Å². The maximum atomic E-state index is 12.3. The molecule has 2 aromatic rings. The number of hydrogen-bond donors (Lipinski definition) is 1. The summed E-state index contributed by atoms with van der Waals surface area (Å²) in [6.45, 7) is 1.76. The van der Waals surface area contributed by atoms with Crippen LogP contribution in [0.3, 0.4) is 0 Å². The van der Waals surface area contributed by atoms with Gasteiger partial charge in [-0.1, -0.05) is 42.5 Å². The number of amides is 2. The molecule has 1 N–H and O–H groups in total. The molecule has 1 fully saturated rings. The predicted molar refractivity (Wildman–Crippen MR) is 97.6 cm³/mol. The molecule has 0 aromatic heterocycles. The topological polar surface area (TPSA) is 84.9 Å². The second kappa shape index (κ2) is 8.35. The lowest BCUT2D eigenvalue weighted by molar-refractivity contribution is -0.140. The number of benzene rings is 2. The van der Waals surface area contributed by atoms with Crippen LogP contribution < -0.4 is 5.32 Å². The van der Waals surface area contributed by atoms with Crippen LogP contribution in [0.2, 0.25) is 0 Å². The van der Waals surface area contributed by atoms with Crippen LogP contribution in [0.25, 0.3) is 0 Å². The van der Waals surface area contributed by atoms with Crippen molar-refractivity contribution in [2.24, 2.45) is 0 Å². The molecule has 0 unspecified atom stereocenters. The highest BCUT2D eigenvalue weighted by molar-refractivity contribution is 5.96. The molecule has 3 rings (SSSR count). The summed E-state index contributed by atoms with van der Waals surface area (Å²) in [5.74, 6) is -1.00. The molecule has 0 aliphatic carbocycles. The quantitative estimate of drug-likeness (QED) is 0.821. The summed E-state index contributed by atoms with van der Waals surface area (Å²) in [7, 11) is 0. The molecule has 0 saturated carbocycles. The molecule has 7 nitrogen and oxygen atoms in total. The third kappa shape index (κ3) is 4.84. The number of rotatable bonds is 5. The van der Waals surface area contributed by atoms with E-state index >= 15 is 0 Å². The lowest BCUT2D eigenvalue weighted by atomic mass is 10.1. The average molecular weight is 368 g/mol. The Labute approximate surface area is 156 Å². The average Bonchev–Trinajstić information content (AvgIpc) is 3.01. The van der Waals surface area contributed by atoms with Gasteiger partial charge in [0.15, 0.2) is 6.73 Å². The van der Waals surface area contributed by atoms with Crippen LogP contribution in [0.4, 0.5) is 10.5 Å². The molecule has 1 heterocycles. The predicted octanol–water partition coefficient (Wildman–Crippen LogP) is 2.85. The number of ether oxygens (including phenoxy) is 2.